The zero-order chi connectivity index (χ0) is 10.7. The van der Waals surface area contributed by atoms with Crippen molar-refractivity contribution in [1.29, 1.82) is 0 Å². The van der Waals surface area contributed by atoms with Gasteiger partial charge in [0.05, 0.1) is 12.2 Å². The predicted molar refractivity (Wildman–Crippen MR) is 56.8 cm³/mol. The lowest BCUT2D eigenvalue weighted by Crippen LogP contribution is -2.21. The summed E-state index contributed by atoms with van der Waals surface area (Å²) in [5.41, 5.74) is 0. The molecule has 0 rings (SSSR count). The second-order valence-electron chi connectivity index (χ2n) is 3.05. The van der Waals surface area contributed by atoms with Crippen LogP contribution in [0.3, 0.4) is 0 Å². The second kappa shape index (κ2) is 11.9. The van der Waals surface area contributed by atoms with E-state index in [0.717, 1.165) is 19.5 Å². The van der Waals surface area contributed by atoms with Crippen LogP contribution in [0.15, 0.2) is 0 Å². The van der Waals surface area contributed by atoms with Crippen molar-refractivity contribution >= 4 is 0 Å². The van der Waals surface area contributed by atoms with Crippen LogP contribution in [0.1, 0.15) is 40.5 Å². The highest BCUT2D eigenvalue weighted by Crippen LogP contribution is 1.99. The van der Waals surface area contributed by atoms with Gasteiger partial charge in [0.1, 0.15) is 0 Å². The third kappa shape index (κ3) is 14.7. The lowest BCUT2D eigenvalue weighted by atomic mass is 10.1. The molecular formula is C10H25NO2. The molecule has 0 amide bonds. The molecule has 0 saturated heterocycles. The molecule has 3 heteroatoms. The lowest BCUT2D eigenvalue weighted by molar-refractivity contribution is 0.0259. The molecule has 0 saturated carbocycles. The molecule has 0 radical (unpaired) electrons. The van der Waals surface area contributed by atoms with Crippen LogP contribution < -0.4 is 5.32 Å². The highest BCUT2D eigenvalue weighted by atomic mass is 16.3. The first kappa shape index (κ1) is 15.4. The van der Waals surface area contributed by atoms with E-state index in [1.54, 1.807) is 6.92 Å². The Bertz CT molecular complexity index is 85.0. The molecule has 0 aliphatic heterocycles. The average molecular weight is 191 g/mol. The Morgan fingerprint density at radius 2 is 1.54 bits per heavy atom. The maximum atomic E-state index is 8.88. The Morgan fingerprint density at radius 1 is 1.08 bits per heavy atom. The third-order valence-corrected chi connectivity index (χ3v) is 1.64. The van der Waals surface area contributed by atoms with Gasteiger partial charge in [-0.3, -0.25) is 0 Å². The number of hydrogen-bond donors (Lipinski definition) is 3. The summed E-state index contributed by atoms with van der Waals surface area (Å²) in [5.74, 6) is 0. The largest absolute Gasteiger partial charge is 0.391 e. The number of nitrogens with one attached hydrogen (secondary N) is 1. The first-order valence-electron chi connectivity index (χ1n) is 5.16. The van der Waals surface area contributed by atoms with Gasteiger partial charge in [0.2, 0.25) is 0 Å². The van der Waals surface area contributed by atoms with E-state index in [0.29, 0.717) is 6.42 Å². The number of aliphatic hydroxyl groups excluding tert-OH is 2. The number of aliphatic hydroxyl groups is 2. The molecule has 3 N–H and O–H groups in total. The maximum absolute atomic E-state index is 8.88. The van der Waals surface area contributed by atoms with Gasteiger partial charge in [-0.25, -0.2) is 0 Å². The van der Waals surface area contributed by atoms with Crippen molar-refractivity contribution in [3.63, 3.8) is 0 Å². The molecule has 0 aromatic heterocycles. The highest BCUT2D eigenvalue weighted by molar-refractivity contribution is 4.59. The summed E-state index contributed by atoms with van der Waals surface area (Å²) < 4.78 is 0. The quantitative estimate of drug-likeness (QED) is 0.611. The van der Waals surface area contributed by atoms with Crippen molar-refractivity contribution < 1.29 is 10.2 Å². The zero-order valence-corrected chi connectivity index (χ0v) is 9.38. The summed E-state index contributed by atoms with van der Waals surface area (Å²) in [5, 5.41) is 20.7. The molecular weight excluding hydrogens is 166 g/mol. The summed E-state index contributed by atoms with van der Waals surface area (Å²) in [4.78, 5) is 0. The Kier molecular flexibility index (Phi) is 14.0. The van der Waals surface area contributed by atoms with Crippen LogP contribution in [-0.4, -0.2) is 35.5 Å². The summed E-state index contributed by atoms with van der Waals surface area (Å²) in [6.45, 7) is 9.96. The topological polar surface area (TPSA) is 52.5 Å². The Labute approximate surface area is 82.2 Å². The van der Waals surface area contributed by atoms with Crippen molar-refractivity contribution in [3.05, 3.63) is 0 Å². The van der Waals surface area contributed by atoms with Crippen LogP contribution in [0, 0.1) is 0 Å². The van der Waals surface area contributed by atoms with E-state index in [2.05, 4.69) is 19.2 Å². The number of rotatable bonds is 5. The molecule has 0 aromatic rings. The summed E-state index contributed by atoms with van der Waals surface area (Å²) in [6, 6.07) is 0. The van der Waals surface area contributed by atoms with Crippen LogP contribution in [-0.2, 0) is 0 Å². The molecule has 0 heterocycles. The zero-order valence-electron chi connectivity index (χ0n) is 9.38. The molecule has 2 atom stereocenters. The summed E-state index contributed by atoms with van der Waals surface area (Å²) in [6.07, 6.45) is 0.513. The summed E-state index contributed by atoms with van der Waals surface area (Å²) in [7, 11) is 0. The van der Waals surface area contributed by atoms with E-state index in [-0.39, 0.29) is 0 Å². The molecule has 0 aromatic carbocycles. The molecule has 0 fully saturated rings. The first-order chi connectivity index (χ1) is 6.09. The van der Waals surface area contributed by atoms with E-state index in [9.17, 15) is 0 Å². The van der Waals surface area contributed by atoms with Gasteiger partial charge in [-0.15, -0.1) is 0 Å². The van der Waals surface area contributed by atoms with Crippen molar-refractivity contribution in [2.24, 2.45) is 0 Å². The van der Waals surface area contributed by atoms with Gasteiger partial charge in [0, 0.05) is 0 Å². The molecule has 0 aliphatic carbocycles. The fourth-order valence-corrected chi connectivity index (χ4v) is 0.787. The van der Waals surface area contributed by atoms with Gasteiger partial charge in [-0.05, 0) is 26.4 Å². The fourth-order valence-electron chi connectivity index (χ4n) is 0.787. The minimum absolute atomic E-state index is 0.528. The fraction of sp³-hybridized carbons (Fsp3) is 1.00. The number of hydrogen-bond acceptors (Lipinski definition) is 3. The van der Waals surface area contributed by atoms with E-state index >= 15 is 0 Å². The molecule has 0 aliphatic rings. The minimum Gasteiger partial charge on any atom is -0.391 e. The Morgan fingerprint density at radius 3 is 1.62 bits per heavy atom. The van der Waals surface area contributed by atoms with E-state index < -0.39 is 12.2 Å². The summed E-state index contributed by atoms with van der Waals surface area (Å²) >= 11 is 0. The Hall–Kier alpha value is -0.120. The van der Waals surface area contributed by atoms with Crippen molar-refractivity contribution in [3.8, 4) is 0 Å². The molecule has 2 unspecified atom stereocenters. The average Bonchev–Trinajstić information content (AvgIpc) is 2.07. The normalized spacial score (nSPS) is 14.3. The van der Waals surface area contributed by atoms with Crippen molar-refractivity contribution in [1.82, 2.24) is 5.32 Å². The highest BCUT2D eigenvalue weighted by Gasteiger charge is 2.07. The van der Waals surface area contributed by atoms with E-state index in [4.69, 9.17) is 10.2 Å². The molecule has 13 heavy (non-hydrogen) atoms. The predicted octanol–water partition coefficient (Wildman–Crippen LogP) is 1.14. The van der Waals surface area contributed by atoms with Gasteiger partial charge in [0.15, 0.2) is 0 Å². The van der Waals surface area contributed by atoms with Gasteiger partial charge >= 0.3 is 0 Å². The van der Waals surface area contributed by atoms with Gasteiger partial charge < -0.3 is 15.5 Å². The lowest BCUT2D eigenvalue weighted by Gasteiger charge is -2.10. The molecule has 82 valence electrons. The Balaban J connectivity index is 0. The monoisotopic (exact) mass is 191 g/mol. The standard InChI is InChI=1S/C6H14O2.C4H11N/c1-3-4-6(8)5(2)7;1-3-5-4-2/h5-8H,3-4H2,1-2H3;5H,3-4H2,1-2H3. The van der Waals surface area contributed by atoms with Crippen LogP contribution in [0.5, 0.6) is 0 Å². The van der Waals surface area contributed by atoms with Gasteiger partial charge in [0.25, 0.3) is 0 Å². The van der Waals surface area contributed by atoms with Crippen LogP contribution in [0.2, 0.25) is 0 Å². The SMILES string of the molecule is CCCC(O)C(C)O.CCNCC. The van der Waals surface area contributed by atoms with Gasteiger partial charge in [-0.1, -0.05) is 27.2 Å². The first-order valence-corrected chi connectivity index (χ1v) is 5.16. The minimum atomic E-state index is -0.574. The second-order valence-corrected chi connectivity index (χ2v) is 3.05. The molecule has 3 nitrogen and oxygen atoms in total. The molecule has 0 bridgehead atoms. The van der Waals surface area contributed by atoms with Crippen LogP contribution >= 0.6 is 0 Å². The van der Waals surface area contributed by atoms with Crippen molar-refractivity contribution in [2.75, 3.05) is 13.1 Å². The van der Waals surface area contributed by atoms with E-state index in [1.165, 1.54) is 0 Å². The van der Waals surface area contributed by atoms with Crippen molar-refractivity contribution in [2.45, 2.75) is 52.7 Å². The van der Waals surface area contributed by atoms with Crippen LogP contribution in [0.4, 0.5) is 0 Å². The van der Waals surface area contributed by atoms with Crippen LogP contribution in [0.25, 0.3) is 0 Å². The maximum Gasteiger partial charge on any atom is 0.0796 e. The third-order valence-electron chi connectivity index (χ3n) is 1.64. The van der Waals surface area contributed by atoms with E-state index in [1.807, 2.05) is 6.92 Å². The smallest absolute Gasteiger partial charge is 0.0796 e. The molecule has 0 spiro atoms. The van der Waals surface area contributed by atoms with Gasteiger partial charge in [-0.2, -0.15) is 0 Å².